The predicted octanol–water partition coefficient (Wildman–Crippen LogP) is 7.55. The Morgan fingerprint density at radius 1 is 0.706 bits per heavy atom. The number of hydrogen-bond acceptors (Lipinski definition) is 7. The highest BCUT2D eigenvalue weighted by Gasteiger charge is 2.21. The van der Waals surface area contributed by atoms with Gasteiger partial charge in [-0.15, -0.1) is 0 Å². The van der Waals surface area contributed by atoms with Crippen LogP contribution in [0.4, 0.5) is 5.69 Å². The number of halogens is 1. The zero-order valence-corrected chi connectivity index (χ0v) is 30.2. The van der Waals surface area contributed by atoms with Crippen molar-refractivity contribution in [1.29, 1.82) is 0 Å². The van der Waals surface area contributed by atoms with Crippen LogP contribution in [-0.2, 0) is 6.61 Å². The van der Waals surface area contributed by atoms with E-state index in [1.54, 1.807) is 74.8 Å². The summed E-state index contributed by atoms with van der Waals surface area (Å²) in [4.78, 5) is 47.4. The van der Waals surface area contributed by atoms with Gasteiger partial charge < -0.3 is 28.9 Å². The number of nitrogens with zero attached hydrogens (tertiary/aromatic N) is 4. The number of carbonyl (C=O) groups excluding carboxylic acids is 3. The lowest BCUT2D eigenvalue weighted by molar-refractivity contribution is 0.0717. The molecule has 0 spiro atoms. The fraction of sp³-hybridized carbons (Fsp3) is 0.350. The molecular formula is C40H45ClN4O6. The van der Waals surface area contributed by atoms with Crippen LogP contribution >= 0.6 is 11.6 Å². The number of rotatable bonds is 9. The van der Waals surface area contributed by atoms with Gasteiger partial charge in [0.25, 0.3) is 17.7 Å². The molecule has 0 bridgehead atoms. The number of benzene rings is 3. The van der Waals surface area contributed by atoms with E-state index in [-0.39, 0.29) is 24.3 Å². The molecule has 0 aliphatic carbocycles. The second kappa shape index (κ2) is 18.2. The van der Waals surface area contributed by atoms with Crippen LogP contribution in [0.1, 0.15) is 75.2 Å². The maximum Gasteiger partial charge on any atom is 0.258 e. The lowest BCUT2D eigenvalue weighted by Crippen LogP contribution is -2.35. The van der Waals surface area contributed by atoms with E-state index in [1.165, 1.54) is 12.8 Å². The van der Waals surface area contributed by atoms with E-state index in [2.05, 4.69) is 4.98 Å². The van der Waals surface area contributed by atoms with Gasteiger partial charge in [0.05, 0.1) is 19.9 Å². The highest BCUT2D eigenvalue weighted by atomic mass is 35.5. The Hall–Kier alpha value is -5.09. The molecule has 2 saturated heterocycles. The molecule has 0 radical (unpaired) electrons. The molecule has 2 aliphatic heterocycles. The third kappa shape index (κ3) is 9.58. The average molecular weight is 713 g/mol. The number of aromatic nitrogens is 1. The number of amides is 3. The number of methoxy groups -OCH3 is 2. The van der Waals surface area contributed by atoms with Gasteiger partial charge in [0, 0.05) is 61.7 Å². The first kappa shape index (κ1) is 37.2. The Morgan fingerprint density at radius 3 is 1.88 bits per heavy atom. The molecule has 10 nitrogen and oxygen atoms in total. The van der Waals surface area contributed by atoms with Gasteiger partial charge in [0.2, 0.25) is 5.88 Å². The monoisotopic (exact) mass is 712 g/mol. The molecule has 3 amide bonds. The Balaban J connectivity index is 0.000000198. The molecule has 11 heteroatoms. The van der Waals surface area contributed by atoms with Crippen LogP contribution in [0.15, 0.2) is 85.1 Å². The molecular weight excluding hydrogens is 668 g/mol. The minimum Gasteiger partial charge on any atom is -0.496 e. The van der Waals surface area contributed by atoms with Gasteiger partial charge in [-0.2, -0.15) is 0 Å². The summed E-state index contributed by atoms with van der Waals surface area (Å²) in [7, 11) is 4.88. The van der Waals surface area contributed by atoms with E-state index in [0.29, 0.717) is 44.8 Å². The van der Waals surface area contributed by atoms with E-state index >= 15 is 0 Å². The van der Waals surface area contributed by atoms with Crippen molar-refractivity contribution in [2.45, 2.75) is 45.1 Å². The second-order valence-electron chi connectivity index (χ2n) is 12.4. The smallest absolute Gasteiger partial charge is 0.258 e. The van der Waals surface area contributed by atoms with Crippen molar-refractivity contribution in [1.82, 2.24) is 14.8 Å². The third-order valence-corrected chi connectivity index (χ3v) is 9.33. The third-order valence-electron chi connectivity index (χ3n) is 9.04. The Bertz CT molecular complexity index is 1790. The summed E-state index contributed by atoms with van der Waals surface area (Å²) < 4.78 is 16.4. The first-order valence-corrected chi connectivity index (χ1v) is 17.7. The molecule has 0 atom stereocenters. The molecule has 3 heterocycles. The van der Waals surface area contributed by atoms with Gasteiger partial charge in [-0.3, -0.25) is 14.4 Å². The van der Waals surface area contributed by atoms with Gasteiger partial charge in [0.15, 0.2) is 0 Å². The molecule has 1 aromatic heterocycles. The summed E-state index contributed by atoms with van der Waals surface area (Å²) in [5.41, 5.74) is 3.34. The van der Waals surface area contributed by atoms with Crippen molar-refractivity contribution in [3.05, 3.63) is 112 Å². The van der Waals surface area contributed by atoms with Crippen LogP contribution in [0.25, 0.3) is 0 Å². The van der Waals surface area contributed by atoms with Crippen molar-refractivity contribution >= 4 is 35.0 Å². The lowest BCUT2D eigenvalue weighted by atomic mass is 10.1. The molecule has 0 saturated carbocycles. The van der Waals surface area contributed by atoms with E-state index in [1.807, 2.05) is 46.2 Å². The largest absolute Gasteiger partial charge is 0.496 e. The normalized spacial score (nSPS) is 14.1. The van der Waals surface area contributed by atoms with Crippen molar-refractivity contribution in [3.8, 4) is 17.4 Å². The number of likely N-dealkylation sites (tertiary alicyclic amines) is 2. The summed E-state index contributed by atoms with van der Waals surface area (Å²) in [5.74, 6) is 1.58. The van der Waals surface area contributed by atoms with Gasteiger partial charge in [0.1, 0.15) is 23.1 Å². The second-order valence-corrected chi connectivity index (χ2v) is 12.8. The Morgan fingerprint density at radius 2 is 1.27 bits per heavy atom. The molecule has 268 valence electrons. The molecule has 3 aromatic carbocycles. The van der Waals surface area contributed by atoms with Crippen LogP contribution in [0.2, 0.25) is 5.02 Å². The number of anilines is 1. The molecule has 0 N–H and O–H groups in total. The SMILES string of the molecule is COc1cc(C(=O)N2CCCCC2)ccc1COc1ncccc1Cl.COc1ccccc1N(C)C(=O)c1ccc(C(=O)N2CCCCC2)cc1. The zero-order valence-electron chi connectivity index (χ0n) is 29.5. The maximum absolute atomic E-state index is 12.8. The molecule has 2 fully saturated rings. The topological polar surface area (TPSA) is 102 Å². The number of para-hydroxylation sites is 2. The average Bonchev–Trinajstić information content (AvgIpc) is 3.20. The number of pyridine rings is 1. The molecule has 51 heavy (non-hydrogen) atoms. The summed E-state index contributed by atoms with van der Waals surface area (Å²) in [6.45, 7) is 3.54. The zero-order chi connectivity index (χ0) is 36.2. The highest BCUT2D eigenvalue weighted by molar-refractivity contribution is 6.31. The van der Waals surface area contributed by atoms with E-state index < -0.39 is 0 Å². The fourth-order valence-corrected chi connectivity index (χ4v) is 6.32. The summed E-state index contributed by atoms with van der Waals surface area (Å²) >= 11 is 6.05. The van der Waals surface area contributed by atoms with Crippen molar-refractivity contribution < 1.29 is 28.6 Å². The van der Waals surface area contributed by atoms with E-state index in [0.717, 1.165) is 57.4 Å². The van der Waals surface area contributed by atoms with Crippen LogP contribution in [0, 0.1) is 0 Å². The van der Waals surface area contributed by atoms with E-state index in [4.69, 9.17) is 25.8 Å². The number of hydrogen-bond donors (Lipinski definition) is 0. The molecule has 2 aliphatic rings. The van der Waals surface area contributed by atoms with Crippen LogP contribution in [0.5, 0.6) is 17.4 Å². The van der Waals surface area contributed by atoms with Crippen molar-refractivity contribution in [2.75, 3.05) is 52.3 Å². The lowest BCUT2D eigenvalue weighted by Gasteiger charge is -2.27. The summed E-state index contributed by atoms with van der Waals surface area (Å²) in [6, 6.07) is 23.2. The molecule has 6 rings (SSSR count). The van der Waals surface area contributed by atoms with Gasteiger partial charge in [-0.05, 0) is 99.2 Å². The highest BCUT2D eigenvalue weighted by Crippen LogP contribution is 2.28. The van der Waals surface area contributed by atoms with Gasteiger partial charge in [-0.1, -0.05) is 29.8 Å². The molecule has 4 aromatic rings. The Kier molecular flexibility index (Phi) is 13.3. The van der Waals surface area contributed by atoms with Crippen molar-refractivity contribution in [3.63, 3.8) is 0 Å². The minimum absolute atomic E-state index is 0.0433. The molecule has 0 unspecified atom stereocenters. The van der Waals surface area contributed by atoms with Crippen molar-refractivity contribution in [2.24, 2.45) is 0 Å². The Labute approximate surface area is 304 Å². The fourth-order valence-electron chi connectivity index (χ4n) is 6.14. The number of piperidine rings is 2. The number of carbonyl (C=O) groups is 3. The minimum atomic E-state index is -0.147. The van der Waals surface area contributed by atoms with Gasteiger partial charge >= 0.3 is 0 Å². The van der Waals surface area contributed by atoms with Crippen LogP contribution in [-0.4, -0.2) is 80.0 Å². The van der Waals surface area contributed by atoms with Crippen LogP contribution in [0.3, 0.4) is 0 Å². The maximum atomic E-state index is 12.8. The summed E-state index contributed by atoms with van der Waals surface area (Å²) in [6.07, 6.45) is 8.27. The van der Waals surface area contributed by atoms with Crippen LogP contribution < -0.4 is 19.1 Å². The predicted molar refractivity (Wildman–Crippen MR) is 198 cm³/mol. The first-order chi connectivity index (χ1) is 24.8. The number of ether oxygens (including phenoxy) is 3. The van der Waals surface area contributed by atoms with Gasteiger partial charge in [-0.25, -0.2) is 4.98 Å². The summed E-state index contributed by atoms with van der Waals surface area (Å²) in [5, 5.41) is 0.457. The quantitative estimate of drug-likeness (QED) is 0.177. The standard InChI is InChI=1S/C21H24N2O3.C19H21ClN2O3/c1-22(18-8-4-5-9-19(18)26-2)20(24)16-10-12-17(13-11-16)21(25)23-14-6-3-7-15-23;1-24-17-12-14(19(23)22-10-3-2-4-11-22)7-8-15(17)13-25-18-16(20)6-5-9-21-18/h4-5,8-13H,3,6-7,14-15H2,1-2H3;5-9,12H,2-4,10-11,13H2,1H3. The first-order valence-electron chi connectivity index (χ1n) is 17.3. The van der Waals surface area contributed by atoms with E-state index in [9.17, 15) is 14.4 Å².